The number of carboxylic acid groups (broad SMARTS) is 1. The lowest BCUT2D eigenvalue weighted by atomic mass is 9.86. The Balaban J connectivity index is 1.51. The molecule has 0 bridgehead atoms. The predicted molar refractivity (Wildman–Crippen MR) is 111 cm³/mol. The Morgan fingerprint density at radius 2 is 1.79 bits per heavy atom. The number of nitrogens with one attached hydrogen (secondary N) is 2. The number of amides is 1. The minimum Gasteiger partial charge on any atom is -0.489 e. The lowest BCUT2D eigenvalue weighted by Crippen LogP contribution is -2.50. The molecule has 0 aromatic heterocycles. The average Bonchev–Trinajstić information content (AvgIpc) is 3.20. The monoisotopic (exact) mass is 396 g/mol. The summed E-state index contributed by atoms with van der Waals surface area (Å²) in [5.41, 5.74) is 2.03. The number of benzene rings is 2. The molecule has 0 aliphatic carbocycles. The molecule has 2 unspecified atom stereocenters. The number of rotatable bonds is 8. The van der Waals surface area contributed by atoms with Gasteiger partial charge in [-0.05, 0) is 56.5 Å². The summed E-state index contributed by atoms with van der Waals surface area (Å²) in [5, 5.41) is 15.3. The molecule has 6 nitrogen and oxygen atoms in total. The highest BCUT2D eigenvalue weighted by atomic mass is 16.5. The minimum absolute atomic E-state index is 0.168. The molecule has 29 heavy (non-hydrogen) atoms. The molecule has 2 aromatic rings. The molecule has 3 N–H and O–H groups in total. The minimum atomic E-state index is -1.36. The Hall–Kier alpha value is -2.86. The summed E-state index contributed by atoms with van der Waals surface area (Å²) in [6.07, 6.45) is 0.932. The lowest BCUT2D eigenvalue weighted by Gasteiger charge is -2.24. The molecule has 0 radical (unpaired) electrons. The molecule has 1 aliphatic heterocycles. The van der Waals surface area contributed by atoms with Crippen molar-refractivity contribution >= 4 is 11.9 Å². The smallest absolute Gasteiger partial charge is 0.320 e. The number of hydrogen-bond donors (Lipinski definition) is 3. The maximum atomic E-state index is 12.6. The van der Waals surface area contributed by atoms with Crippen molar-refractivity contribution in [2.24, 2.45) is 5.41 Å². The van der Waals surface area contributed by atoms with E-state index < -0.39 is 17.3 Å². The summed E-state index contributed by atoms with van der Waals surface area (Å²) in [7, 11) is 0. The van der Waals surface area contributed by atoms with Crippen LogP contribution >= 0.6 is 0 Å². The maximum Gasteiger partial charge on any atom is 0.320 e. The number of aryl methyl sites for hydroxylation is 1. The van der Waals surface area contributed by atoms with Gasteiger partial charge in [-0.3, -0.25) is 9.59 Å². The van der Waals surface area contributed by atoms with Gasteiger partial charge in [0.2, 0.25) is 5.91 Å². The molecule has 2 atom stereocenters. The van der Waals surface area contributed by atoms with E-state index in [0.717, 1.165) is 16.9 Å². The fourth-order valence-corrected chi connectivity index (χ4v) is 3.50. The van der Waals surface area contributed by atoms with Crippen molar-refractivity contribution in [2.45, 2.75) is 39.3 Å². The second-order valence-corrected chi connectivity index (χ2v) is 7.81. The van der Waals surface area contributed by atoms with Gasteiger partial charge >= 0.3 is 5.97 Å². The van der Waals surface area contributed by atoms with Gasteiger partial charge in [0.05, 0.1) is 0 Å². The highest BCUT2D eigenvalue weighted by Crippen LogP contribution is 2.26. The van der Waals surface area contributed by atoms with Crippen LogP contribution in [0.5, 0.6) is 5.75 Å². The summed E-state index contributed by atoms with van der Waals surface area (Å²) in [4.78, 5) is 24.2. The van der Waals surface area contributed by atoms with Crippen LogP contribution in [0.1, 0.15) is 30.0 Å². The van der Waals surface area contributed by atoms with Gasteiger partial charge in [0.1, 0.15) is 12.4 Å². The van der Waals surface area contributed by atoms with Gasteiger partial charge in [0.25, 0.3) is 0 Å². The van der Waals surface area contributed by atoms with Crippen molar-refractivity contribution in [3.8, 4) is 5.75 Å². The Morgan fingerprint density at radius 1 is 1.14 bits per heavy atom. The van der Waals surface area contributed by atoms with E-state index in [4.69, 9.17) is 4.74 Å². The second-order valence-electron chi connectivity index (χ2n) is 7.81. The van der Waals surface area contributed by atoms with Crippen LogP contribution in [-0.4, -0.2) is 36.1 Å². The predicted octanol–water partition coefficient (Wildman–Crippen LogP) is 2.69. The third kappa shape index (κ3) is 5.15. The van der Waals surface area contributed by atoms with E-state index in [2.05, 4.69) is 41.8 Å². The topological polar surface area (TPSA) is 87.7 Å². The van der Waals surface area contributed by atoms with Gasteiger partial charge in [0, 0.05) is 12.6 Å². The van der Waals surface area contributed by atoms with Crippen LogP contribution in [0.15, 0.2) is 48.5 Å². The van der Waals surface area contributed by atoms with Crippen LogP contribution in [0.25, 0.3) is 0 Å². The number of hydrogen-bond acceptors (Lipinski definition) is 4. The first-order valence-corrected chi connectivity index (χ1v) is 9.91. The summed E-state index contributed by atoms with van der Waals surface area (Å²) >= 11 is 0. The lowest BCUT2D eigenvalue weighted by molar-refractivity contribution is -0.154. The zero-order valence-corrected chi connectivity index (χ0v) is 16.9. The van der Waals surface area contributed by atoms with Gasteiger partial charge in [-0.2, -0.15) is 0 Å². The third-order valence-corrected chi connectivity index (χ3v) is 5.37. The number of carbonyl (C=O) groups excluding carboxylic acids is 1. The van der Waals surface area contributed by atoms with Gasteiger partial charge in [-0.25, -0.2) is 0 Å². The summed E-state index contributed by atoms with van der Waals surface area (Å²) in [6.45, 7) is 5.17. The molecule has 0 saturated carbocycles. The molecule has 1 amide bonds. The molecular formula is C23H28N2O4. The van der Waals surface area contributed by atoms with E-state index >= 15 is 0 Å². The SMILES string of the molecule is Cc1ccc(COc2ccc(CC(C)NC(=O)C3(C(=O)O)CCNC3)cc2)cc1. The van der Waals surface area contributed by atoms with Crippen molar-refractivity contribution < 1.29 is 19.4 Å². The molecule has 2 aromatic carbocycles. The molecule has 1 heterocycles. The van der Waals surface area contributed by atoms with Crippen molar-refractivity contribution in [3.63, 3.8) is 0 Å². The maximum absolute atomic E-state index is 12.6. The average molecular weight is 396 g/mol. The van der Waals surface area contributed by atoms with E-state index in [-0.39, 0.29) is 12.6 Å². The largest absolute Gasteiger partial charge is 0.489 e. The van der Waals surface area contributed by atoms with Crippen LogP contribution in [0, 0.1) is 12.3 Å². The first kappa shape index (κ1) is 20.9. The highest BCUT2D eigenvalue weighted by Gasteiger charge is 2.48. The molecular weight excluding hydrogens is 368 g/mol. The Labute approximate surface area is 171 Å². The molecule has 3 rings (SSSR count). The van der Waals surface area contributed by atoms with Crippen LogP contribution in [-0.2, 0) is 22.6 Å². The zero-order chi connectivity index (χ0) is 20.9. The standard InChI is InChI=1S/C23H28N2O4/c1-16-3-5-19(6-4-16)14-29-20-9-7-18(8-10-20)13-17(2)25-21(26)23(22(27)28)11-12-24-15-23/h3-10,17,24H,11-15H2,1-2H3,(H,25,26)(H,27,28). The van der Waals surface area contributed by atoms with E-state index in [9.17, 15) is 14.7 Å². The first-order valence-electron chi connectivity index (χ1n) is 9.91. The number of ether oxygens (including phenoxy) is 1. The normalized spacial score (nSPS) is 19.5. The van der Waals surface area contributed by atoms with E-state index in [1.54, 1.807) is 0 Å². The molecule has 1 saturated heterocycles. The van der Waals surface area contributed by atoms with Crippen LogP contribution in [0.4, 0.5) is 0 Å². The van der Waals surface area contributed by atoms with Gasteiger partial charge in [-0.1, -0.05) is 42.0 Å². The fourth-order valence-electron chi connectivity index (χ4n) is 3.50. The Morgan fingerprint density at radius 3 is 2.38 bits per heavy atom. The first-order chi connectivity index (χ1) is 13.9. The van der Waals surface area contributed by atoms with Crippen LogP contribution in [0.2, 0.25) is 0 Å². The molecule has 0 spiro atoms. The molecule has 1 aliphatic rings. The van der Waals surface area contributed by atoms with Crippen LogP contribution in [0.3, 0.4) is 0 Å². The highest BCUT2D eigenvalue weighted by molar-refractivity contribution is 6.02. The second kappa shape index (κ2) is 9.09. The third-order valence-electron chi connectivity index (χ3n) is 5.37. The Bertz CT molecular complexity index is 840. The summed E-state index contributed by atoms with van der Waals surface area (Å²) < 4.78 is 5.82. The summed E-state index contributed by atoms with van der Waals surface area (Å²) in [5.74, 6) is -0.698. The van der Waals surface area contributed by atoms with E-state index in [0.29, 0.717) is 26.0 Å². The van der Waals surface area contributed by atoms with Gasteiger partial charge in [0.15, 0.2) is 5.41 Å². The number of carboxylic acids is 1. The molecule has 154 valence electrons. The number of carbonyl (C=O) groups is 2. The van der Waals surface area contributed by atoms with Crippen molar-refractivity contribution in [3.05, 3.63) is 65.2 Å². The quantitative estimate of drug-likeness (QED) is 0.597. The van der Waals surface area contributed by atoms with Crippen molar-refractivity contribution in [2.75, 3.05) is 13.1 Å². The van der Waals surface area contributed by atoms with Gasteiger partial charge < -0.3 is 20.5 Å². The Kier molecular flexibility index (Phi) is 6.54. The summed E-state index contributed by atoms with van der Waals surface area (Å²) in [6, 6.07) is 15.8. The zero-order valence-electron chi connectivity index (χ0n) is 16.9. The molecule has 1 fully saturated rings. The molecule has 6 heteroatoms. The van der Waals surface area contributed by atoms with E-state index in [1.165, 1.54) is 5.56 Å². The van der Waals surface area contributed by atoms with Crippen molar-refractivity contribution in [1.82, 2.24) is 10.6 Å². The van der Waals surface area contributed by atoms with Crippen molar-refractivity contribution in [1.29, 1.82) is 0 Å². The number of aliphatic carboxylic acids is 1. The fraction of sp³-hybridized carbons (Fsp3) is 0.391. The van der Waals surface area contributed by atoms with Gasteiger partial charge in [-0.15, -0.1) is 0 Å². The van der Waals surface area contributed by atoms with E-state index in [1.807, 2.05) is 31.2 Å². The van der Waals surface area contributed by atoms with Crippen LogP contribution < -0.4 is 15.4 Å².